The molecule has 16 heavy (non-hydrogen) atoms. The molecule has 1 rings (SSSR count). The second kappa shape index (κ2) is 4.69. The Labute approximate surface area is 89.5 Å². The maximum absolute atomic E-state index is 13.3. The van der Waals surface area contributed by atoms with Gasteiger partial charge in [-0.25, -0.2) is 13.6 Å². The maximum atomic E-state index is 13.3. The largest absolute Gasteiger partial charge is 0.496 e. The molecule has 0 radical (unpaired) electrons. The minimum atomic E-state index is -1.68. The van der Waals surface area contributed by atoms with Crippen LogP contribution in [0.5, 0.6) is 5.75 Å². The number of Topliss-reactive ketones (excluding diaryl/α,β-unsaturated/α-hetero) is 1. The molecule has 1 aromatic carbocycles. The van der Waals surface area contributed by atoms with Gasteiger partial charge in [-0.1, -0.05) is 0 Å². The van der Waals surface area contributed by atoms with Crippen LogP contribution in [0.25, 0.3) is 0 Å². The first-order valence-corrected chi connectivity index (χ1v) is 4.23. The normalized spacial score (nSPS) is 9.94. The number of methoxy groups -OCH3 is 1. The van der Waals surface area contributed by atoms with Gasteiger partial charge in [0.25, 0.3) is 0 Å². The molecule has 0 heterocycles. The molecule has 0 bridgehead atoms. The molecule has 0 saturated carbocycles. The fourth-order valence-electron chi connectivity index (χ4n) is 1.17. The average molecular weight is 230 g/mol. The van der Waals surface area contributed by atoms with E-state index in [1.807, 2.05) is 0 Å². The summed E-state index contributed by atoms with van der Waals surface area (Å²) in [4.78, 5) is 21.2. The molecule has 0 aliphatic rings. The third-order valence-corrected chi connectivity index (χ3v) is 1.92. The van der Waals surface area contributed by atoms with Gasteiger partial charge in [0, 0.05) is 24.1 Å². The molecule has 4 nitrogen and oxygen atoms in total. The summed E-state index contributed by atoms with van der Waals surface area (Å²) in [7, 11) is 1.17. The smallest absolute Gasteiger partial charge is 0.372 e. The van der Waals surface area contributed by atoms with Gasteiger partial charge < -0.3 is 9.84 Å². The van der Waals surface area contributed by atoms with Crippen molar-refractivity contribution in [3.05, 3.63) is 29.3 Å². The van der Waals surface area contributed by atoms with Crippen molar-refractivity contribution in [1.82, 2.24) is 0 Å². The fourth-order valence-corrected chi connectivity index (χ4v) is 1.17. The van der Waals surface area contributed by atoms with E-state index in [0.717, 1.165) is 6.07 Å². The van der Waals surface area contributed by atoms with Gasteiger partial charge in [0.15, 0.2) is 0 Å². The first-order valence-electron chi connectivity index (χ1n) is 4.23. The van der Waals surface area contributed by atoms with Gasteiger partial charge >= 0.3 is 5.97 Å². The quantitative estimate of drug-likeness (QED) is 0.788. The molecular formula is C10H8F2O4. The van der Waals surface area contributed by atoms with Crippen LogP contribution in [0.4, 0.5) is 8.78 Å². The summed E-state index contributed by atoms with van der Waals surface area (Å²) >= 11 is 0. The second-order valence-electron chi connectivity index (χ2n) is 2.97. The van der Waals surface area contributed by atoms with Crippen LogP contribution >= 0.6 is 0 Å². The number of carboxylic acids is 1. The highest BCUT2D eigenvalue weighted by Crippen LogP contribution is 2.23. The third kappa shape index (κ3) is 2.53. The highest BCUT2D eigenvalue weighted by Gasteiger charge is 2.19. The number of carboxylic acid groups (broad SMARTS) is 1. The third-order valence-electron chi connectivity index (χ3n) is 1.92. The molecule has 0 atom stereocenters. The number of carbonyl (C=O) groups is 2. The zero-order chi connectivity index (χ0) is 12.3. The Bertz CT molecular complexity index is 443. The van der Waals surface area contributed by atoms with E-state index < -0.39 is 29.8 Å². The molecule has 86 valence electrons. The number of hydrogen-bond acceptors (Lipinski definition) is 3. The van der Waals surface area contributed by atoms with Crippen LogP contribution in [-0.4, -0.2) is 24.0 Å². The van der Waals surface area contributed by atoms with Crippen molar-refractivity contribution in [3.63, 3.8) is 0 Å². The van der Waals surface area contributed by atoms with E-state index in [2.05, 4.69) is 4.74 Å². The van der Waals surface area contributed by atoms with E-state index in [1.54, 1.807) is 0 Å². The van der Waals surface area contributed by atoms with E-state index in [9.17, 15) is 18.4 Å². The summed E-state index contributed by atoms with van der Waals surface area (Å²) in [5, 5.41) is 8.37. The number of ketones is 1. The van der Waals surface area contributed by atoms with Gasteiger partial charge in [-0.3, -0.25) is 4.79 Å². The minimum absolute atomic E-state index is 0.188. The number of aliphatic carboxylic acids is 1. The number of benzene rings is 1. The van der Waals surface area contributed by atoms with Crippen molar-refractivity contribution >= 4 is 11.8 Å². The van der Waals surface area contributed by atoms with Crippen molar-refractivity contribution < 1.29 is 28.2 Å². The van der Waals surface area contributed by atoms with Crippen LogP contribution in [0, 0.1) is 11.6 Å². The summed E-state index contributed by atoms with van der Waals surface area (Å²) in [6.45, 7) is 0. The molecule has 0 amide bonds. The van der Waals surface area contributed by atoms with Gasteiger partial charge in [0.05, 0.1) is 7.11 Å². The Morgan fingerprint density at radius 1 is 1.38 bits per heavy atom. The molecule has 1 aromatic rings. The van der Waals surface area contributed by atoms with Gasteiger partial charge in [0.2, 0.25) is 5.78 Å². The second-order valence-corrected chi connectivity index (χ2v) is 2.97. The fraction of sp³-hybridized carbons (Fsp3) is 0.200. The lowest BCUT2D eigenvalue weighted by atomic mass is 10.1. The van der Waals surface area contributed by atoms with Gasteiger partial charge in [0.1, 0.15) is 17.4 Å². The van der Waals surface area contributed by atoms with Gasteiger partial charge in [-0.05, 0) is 0 Å². The lowest BCUT2D eigenvalue weighted by Crippen LogP contribution is -2.16. The molecule has 0 saturated heterocycles. The van der Waals surface area contributed by atoms with E-state index in [-0.39, 0.29) is 11.3 Å². The Hall–Kier alpha value is -1.98. The number of ether oxygens (including phenoxy) is 1. The topological polar surface area (TPSA) is 63.6 Å². The Morgan fingerprint density at radius 3 is 2.50 bits per heavy atom. The van der Waals surface area contributed by atoms with Crippen LogP contribution in [0.2, 0.25) is 0 Å². The summed E-state index contributed by atoms with van der Waals surface area (Å²) < 4.78 is 30.7. The summed E-state index contributed by atoms with van der Waals surface area (Å²) in [6, 6.07) is 1.44. The molecule has 0 aromatic heterocycles. The standard InChI is InChI=1S/C10H8F2O4/c1-16-9-3-5(11)2-7(12)6(9)4-8(13)10(14)15/h2-3H,4H2,1H3,(H,14,15). The summed E-state index contributed by atoms with van der Waals surface area (Å²) in [6.07, 6.45) is -0.676. The van der Waals surface area contributed by atoms with Gasteiger partial charge in [-0.15, -0.1) is 0 Å². The van der Waals surface area contributed by atoms with Crippen LogP contribution in [0.3, 0.4) is 0 Å². The van der Waals surface area contributed by atoms with E-state index in [0.29, 0.717) is 6.07 Å². The molecule has 6 heteroatoms. The van der Waals surface area contributed by atoms with Gasteiger partial charge in [-0.2, -0.15) is 0 Å². The van der Waals surface area contributed by atoms with Crippen molar-refractivity contribution in [3.8, 4) is 5.75 Å². The molecule has 0 aliphatic heterocycles. The van der Waals surface area contributed by atoms with Crippen LogP contribution in [0.1, 0.15) is 5.56 Å². The Morgan fingerprint density at radius 2 is 2.00 bits per heavy atom. The lowest BCUT2D eigenvalue weighted by molar-refractivity contribution is -0.148. The highest BCUT2D eigenvalue weighted by molar-refractivity contribution is 6.33. The monoisotopic (exact) mass is 230 g/mol. The average Bonchev–Trinajstić information content (AvgIpc) is 2.21. The Balaban J connectivity index is 3.12. The predicted molar refractivity (Wildman–Crippen MR) is 49.3 cm³/mol. The van der Waals surface area contributed by atoms with Crippen molar-refractivity contribution in [2.75, 3.05) is 7.11 Å². The van der Waals surface area contributed by atoms with Crippen LogP contribution < -0.4 is 4.74 Å². The number of hydrogen-bond donors (Lipinski definition) is 1. The van der Waals surface area contributed by atoms with Crippen molar-refractivity contribution in [2.45, 2.75) is 6.42 Å². The molecule has 0 aliphatic carbocycles. The molecular weight excluding hydrogens is 222 g/mol. The van der Waals surface area contributed by atoms with Crippen LogP contribution in [0.15, 0.2) is 12.1 Å². The number of rotatable bonds is 4. The SMILES string of the molecule is COc1cc(F)cc(F)c1CC(=O)C(=O)O. The first kappa shape index (κ1) is 12.1. The van der Waals surface area contributed by atoms with E-state index in [1.165, 1.54) is 7.11 Å². The minimum Gasteiger partial charge on any atom is -0.496 e. The van der Waals surface area contributed by atoms with E-state index >= 15 is 0 Å². The summed E-state index contributed by atoms with van der Waals surface area (Å²) in [5.41, 5.74) is -0.267. The van der Waals surface area contributed by atoms with Crippen LogP contribution in [-0.2, 0) is 16.0 Å². The number of halogens is 2. The first-order chi connectivity index (χ1) is 7.45. The molecule has 1 N–H and O–H groups in total. The maximum Gasteiger partial charge on any atom is 0.372 e. The van der Waals surface area contributed by atoms with Crippen molar-refractivity contribution in [2.24, 2.45) is 0 Å². The number of carbonyl (C=O) groups excluding carboxylic acids is 1. The lowest BCUT2D eigenvalue weighted by Gasteiger charge is -2.08. The zero-order valence-electron chi connectivity index (χ0n) is 8.29. The Kier molecular flexibility index (Phi) is 3.55. The summed E-state index contributed by atoms with van der Waals surface area (Å²) in [5.74, 6) is -4.92. The van der Waals surface area contributed by atoms with E-state index in [4.69, 9.17) is 5.11 Å². The van der Waals surface area contributed by atoms with Crippen molar-refractivity contribution in [1.29, 1.82) is 0 Å². The zero-order valence-corrected chi connectivity index (χ0v) is 8.29. The molecule has 0 fully saturated rings. The molecule has 0 spiro atoms. The highest BCUT2D eigenvalue weighted by atomic mass is 19.1. The molecule has 0 unspecified atom stereocenters. The predicted octanol–water partition coefficient (Wildman–Crippen LogP) is 1.17.